The maximum absolute atomic E-state index is 9.51. The van der Waals surface area contributed by atoms with Crippen molar-refractivity contribution >= 4 is 0 Å². The van der Waals surface area contributed by atoms with Gasteiger partial charge in [0.2, 0.25) is 0 Å². The summed E-state index contributed by atoms with van der Waals surface area (Å²) in [6, 6.07) is 4.66. The molecule has 0 amide bonds. The van der Waals surface area contributed by atoms with Gasteiger partial charge < -0.3 is 15.5 Å². The number of aromatic nitrogens is 2. The van der Waals surface area contributed by atoms with Gasteiger partial charge in [0.05, 0.1) is 5.69 Å². The predicted octanol–water partition coefficient (Wildman–Crippen LogP) is 2.24. The van der Waals surface area contributed by atoms with Crippen molar-refractivity contribution in [3.63, 3.8) is 0 Å². The van der Waals surface area contributed by atoms with Crippen LogP contribution in [0, 0.1) is 0 Å². The number of phenolic OH excluding ortho intramolecular Hbond substituents is 2. The van der Waals surface area contributed by atoms with E-state index in [0.29, 0.717) is 6.54 Å². The lowest BCUT2D eigenvalue weighted by molar-refractivity contribution is 0.446. The van der Waals surface area contributed by atoms with Crippen molar-refractivity contribution in [2.75, 3.05) is 0 Å². The van der Waals surface area contributed by atoms with Crippen molar-refractivity contribution in [3.05, 3.63) is 41.2 Å². The van der Waals surface area contributed by atoms with Crippen molar-refractivity contribution < 1.29 is 10.2 Å². The summed E-state index contributed by atoms with van der Waals surface area (Å²) in [5, 5.41) is 26.8. The van der Waals surface area contributed by atoms with Gasteiger partial charge in [-0.2, -0.15) is 5.10 Å². The summed E-state index contributed by atoms with van der Waals surface area (Å²) in [5.41, 5.74) is 3.11. The van der Waals surface area contributed by atoms with E-state index in [-0.39, 0.29) is 17.5 Å². The van der Waals surface area contributed by atoms with Gasteiger partial charge in [-0.25, -0.2) is 0 Å². The Morgan fingerprint density at radius 3 is 2.50 bits per heavy atom. The molecule has 0 fully saturated rings. The molecule has 5 heteroatoms. The Morgan fingerprint density at radius 2 is 1.90 bits per heavy atom. The molecule has 2 aromatic rings. The van der Waals surface area contributed by atoms with E-state index < -0.39 is 0 Å². The molecule has 2 rings (SSSR count). The van der Waals surface area contributed by atoms with Crippen molar-refractivity contribution in [2.24, 2.45) is 7.05 Å². The van der Waals surface area contributed by atoms with Crippen molar-refractivity contribution in [1.82, 2.24) is 15.1 Å². The van der Waals surface area contributed by atoms with Crippen LogP contribution in [0.15, 0.2) is 24.4 Å². The Labute approximate surface area is 118 Å². The fraction of sp³-hybridized carbons (Fsp3) is 0.400. The van der Waals surface area contributed by atoms with Crippen LogP contribution in [0.5, 0.6) is 11.5 Å². The first-order valence-corrected chi connectivity index (χ1v) is 6.77. The first-order valence-electron chi connectivity index (χ1n) is 6.77. The Bertz CT molecular complexity index is 573. The van der Waals surface area contributed by atoms with Gasteiger partial charge in [0.1, 0.15) is 11.5 Å². The van der Waals surface area contributed by atoms with E-state index in [0.717, 1.165) is 17.7 Å². The molecule has 1 aromatic heterocycles. The summed E-state index contributed by atoms with van der Waals surface area (Å²) < 4.78 is 1.82. The normalized spacial score (nSPS) is 12.6. The monoisotopic (exact) mass is 275 g/mol. The lowest BCUT2D eigenvalue weighted by Crippen LogP contribution is -2.18. The van der Waals surface area contributed by atoms with Crippen LogP contribution in [-0.2, 0) is 20.0 Å². The molecule has 0 aliphatic rings. The summed E-state index contributed by atoms with van der Waals surface area (Å²) in [4.78, 5) is 0. The SMILES string of the molecule is CCc1nn(C)cc1CNC(C)c1cc(O)cc(O)c1. The fourth-order valence-corrected chi connectivity index (χ4v) is 2.28. The minimum absolute atomic E-state index is 0.0258. The largest absolute Gasteiger partial charge is 0.508 e. The van der Waals surface area contributed by atoms with Crippen molar-refractivity contribution in [2.45, 2.75) is 32.9 Å². The summed E-state index contributed by atoms with van der Waals surface area (Å²) in [7, 11) is 1.92. The smallest absolute Gasteiger partial charge is 0.119 e. The molecule has 0 radical (unpaired) electrons. The predicted molar refractivity (Wildman–Crippen MR) is 77.6 cm³/mol. The first kappa shape index (κ1) is 14.4. The number of nitrogens with one attached hydrogen (secondary N) is 1. The average Bonchev–Trinajstić information content (AvgIpc) is 2.75. The number of hydrogen-bond acceptors (Lipinski definition) is 4. The Kier molecular flexibility index (Phi) is 4.29. The van der Waals surface area contributed by atoms with E-state index in [1.54, 1.807) is 12.1 Å². The summed E-state index contributed by atoms with van der Waals surface area (Å²) in [5.74, 6) is 0.147. The summed E-state index contributed by atoms with van der Waals surface area (Å²) in [6.07, 6.45) is 2.91. The molecule has 0 saturated heterocycles. The van der Waals surface area contributed by atoms with Crippen LogP contribution in [0.2, 0.25) is 0 Å². The van der Waals surface area contributed by atoms with Gasteiger partial charge in [-0.05, 0) is 31.0 Å². The topological polar surface area (TPSA) is 70.3 Å². The molecule has 1 atom stereocenters. The molecule has 0 spiro atoms. The second-order valence-corrected chi connectivity index (χ2v) is 5.01. The van der Waals surface area contributed by atoms with E-state index in [2.05, 4.69) is 17.3 Å². The van der Waals surface area contributed by atoms with Gasteiger partial charge in [-0.15, -0.1) is 0 Å². The Morgan fingerprint density at radius 1 is 1.25 bits per heavy atom. The quantitative estimate of drug-likeness (QED) is 0.782. The van der Waals surface area contributed by atoms with Gasteiger partial charge in [0.15, 0.2) is 0 Å². The van der Waals surface area contributed by atoms with E-state index in [4.69, 9.17) is 0 Å². The van der Waals surface area contributed by atoms with E-state index in [1.807, 2.05) is 24.9 Å². The molecule has 1 unspecified atom stereocenters. The standard InChI is InChI=1S/C15H21N3O2/c1-4-15-12(9-18(3)17-15)8-16-10(2)11-5-13(19)7-14(20)6-11/h5-7,9-10,16,19-20H,4,8H2,1-3H3. The molecule has 5 nitrogen and oxygen atoms in total. The second kappa shape index (κ2) is 5.96. The molecule has 0 aliphatic carbocycles. The Balaban J connectivity index is 2.06. The number of phenols is 2. The molecule has 1 heterocycles. The lowest BCUT2D eigenvalue weighted by atomic mass is 10.1. The highest BCUT2D eigenvalue weighted by atomic mass is 16.3. The minimum atomic E-state index is 0.0258. The van der Waals surface area contributed by atoms with Crippen LogP contribution in [-0.4, -0.2) is 20.0 Å². The summed E-state index contributed by atoms with van der Waals surface area (Å²) in [6.45, 7) is 4.79. The molecular formula is C15H21N3O2. The molecule has 0 bridgehead atoms. The second-order valence-electron chi connectivity index (χ2n) is 5.01. The van der Waals surface area contributed by atoms with Crippen molar-refractivity contribution in [3.8, 4) is 11.5 Å². The van der Waals surface area contributed by atoms with Crippen LogP contribution < -0.4 is 5.32 Å². The fourth-order valence-electron chi connectivity index (χ4n) is 2.28. The van der Waals surface area contributed by atoms with Gasteiger partial charge in [-0.1, -0.05) is 6.92 Å². The van der Waals surface area contributed by atoms with E-state index >= 15 is 0 Å². The maximum Gasteiger partial charge on any atom is 0.119 e. The Hall–Kier alpha value is -2.01. The number of hydrogen-bond donors (Lipinski definition) is 3. The first-order chi connectivity index (χ1) is 9.49. The van der Waals surface area contributed by atoms with E-state index in [9.17, 15) is 10.2 Å². The molecule has 1 aromatic carbocycles. The molecular weight excluding hydrogens is 254 g/mol. The van der Waals surface area contributed by atoms with Gasteiger partial charge in [0, 0.05) is 37.5 Å². The zero-order chi connectivity index (χ0) is 14.7. The highest BCUT2D eigenvalue weighted by molar-refractivity contribution is 5.38. The van der Waals surface area contributed by atoms with Crippen LogP contribution in [0.1, 0.15) is 36.7 Å². The zero-order valence-electron chi connectivity index (χ0n) is 12.1. The third kappa shape index (κ3) is 3.30. The molecule has 3 N–H and O–H groups in total. The van der Waals surface area contributed by atoms with Crippen LogP contribution in [0.3, 0.4) is 0 Å². The number of rotatable bonds is 5. The zero-order valence-corrected chi connectivity index (χ0v) is 12.1. The molecule has 108 valence electrons. The van der Waals surface area contributed by atoms with Crippen molar-refractivity contribution in [1.29, 1.82) is 0 Å². The molecule has 0 aliphatic heterocycles. The van der Waals surface area contributed by atoms with Gasteiger partial charge >= 0.3 is 0 Å². The highest BCUT2D eigenvalue weighted by Gasteiger charge is 2.10. The van der Waals surface area contributed by atoms with Crippen LogP contribution in [0.4, 0.5) is 0 Å². The third-order valence-electron chi connectivity index (χ3n) is 3.35. The van der Waals surface area contributed by atoms with Crippen LogP contribution in [0.25, 0.3) is 0 Å². The van der Waals surface area contributed by atoms with E-state index in [1.165, 1.54) is 11.6 Å². The van der Waals surface area contributed by atoms with Gasteiger partial charge in [-0.3, -0.25) is 4.68 Å². The summed E-state index contributed by atoms with van der Waals surface area (Å²) >= 11 is 0. The maximum atomic E-state index is 9.51. The molecule has 20 heavy (non-hydrogen) atoms. The minimum Gasteiger partial charge on any atom is -0.508 e. The highest BCUT2D eigenvalue weighted by Crippen LogP contribution is 2.25. The lowest BCUT2D eigenvalue weighted by Gasteiger charge is -2.14. The number of benzene rings is 1. The number of aromatic hydroxyl groups is 2. The van der Waals surface area contributed by atoms with Gasteiger partial charge in [0.25, 0.3) is 0 Å². The average molecular weight is 275 g/mol. The third-order valence-corrected chi connectivity index (χ3v) is 3.35. The molecule has 0 saturated carbocycles. The number of nitrogens with zero attached hydrogens (tertiary/aromatic N) is 2. The number of aryl methyl sites for hydroxylation is 2. The van der Waals surface area contributed by atoms with Crippen LogP contribution >= 0.6 is 0 Å².